The summed E-state index contributed by atoms with van der Waals surface area (Å²) in [6, 6.07) is 33.3. The van der Waals surface area contributed by atoms with E-state index in [0.29, 0.717) is 6.54 Å². The molecule has 7 heteroatoms. The molecule has 0 bridgehead atoms. The Kier molecular flexibility index (Phi) is 6.34. The second-order valence-corrected chi connectivity index (χ2v) is 14.3. The van der Waals surface area contributed by atoms with E-state index in [2.05, 4.69) is 82.7 Å². The fourth-order valence-electron chi connectivity index (χ4n) is 6.67. The van der Waals surface area contributed by atoms with Gasteiger partial charge in [-0.05, 0) is 0 Å². The fraction of sp³-hybridized carbons (Fsp3) is 0.212. The Morgan fingerprint density at radius 2 is 1.57 bits per heavy atom. The van der Waals surface area contributed by atoms with Crippen molar-refractivity contribution in [3.8, 4) is 11.1 Å². The molecule has 2 heterocycles. The molecule has 4 aromatic carbocycles. The number of benzene rings is 4. The number of ether oxygens (including phenoxy) is 1. The molecule has 2 aliphatic heterocycles. The van der Waals surface area contributed by atoms with Gasteiger partial charge in [0.1, 0.15) is 0 Å². The maximum absolute atomic E-state index is 13.9. The molecule has 0 saturated carbocycles. The molecule has 4 aromatic rings. The summed E-state index contributed by atoms with van der Waals surface area (Å²) < 4.78 is 7.92. The SMILES string of the molecule is CC(=O)N1c2cc(Br)ccc2C2([Se]c3ccccc3)CCN(C(=O)OCC3c4ccccc4-c4ccccc43)C12. The van der Waals surface area contributed by atoms with Crippen molar-refractivity contribution in [1.29, 1.82) is 0 Å². The molecule has 40 heavy (non-hydrogen) atoms. The number of rotatable bonds is 4. The molecule has 0 N–H and O–H groups in total. The quantitative estimate of drug-likeness (QED) is 0.252. The minimum atomic E-state index is -0.426. The molecule has 3 aliphatic rings. The van der Waals surface area contributed by atoms with E-state index in [1.807, 2.05) is 35.2 Å². The number of hydrogen-bond acceptors (Lipinski definition) is 3. The van der Waals surface area contributed by atoms with Gasteiger partial charge in [-0.15, -0.1) is 0 Å². The summed E-state index contributed by atoms with van der Waals surface area (Å²) in [5, 5.41) is 0. The monoisotopic (exact) mass is 658 g/mol. The first kappa shape index (κ1) is 25.6. The Hall–Kier alpha value is -3.38. The molecule has 0 aromatic heterocycles. The first-order valence-electron chi connectivity index (χ1n) is 13.4. The van der Waals surface area contributed by atoms with Crippen molar-refractivity contribution >= 4 is 53.0 Å². The van der Waals surface area contributed by atoms with E-state index in [0.717, 1.165) is 22.1 Å². The van der Waals surface area contributed by atoms with E-state index >= 15 is 0 Å². The van der Waals surface area contributed by atoms with Gasteiger partial charge in [0, 0.05) is 0 Å². The van der Waals surface area contributed by atoms with Crippen LogP contribution in [-0.2, 0) is 13.8 Å². The van der Waals surface area contributed by atoms with Gasteiger partial charge in [0.2, 0.25) is 0 Å². The van der Waals surface area contributed by atoms with Crippen LogP contribution in [0.1, 0.15) is 36.0 Å². The predicted octanol–water partition coefficient (Wildman–Crippen LogP) is 6.02. The number of anilines is 1. The van der Waals surface area contributed by atoms with Crippen LogP contribution >= 0.6 is 15.9 Å². The van der Waals surface area contributed by atoms with Crippen LogP contribution in [0, 0.1) is 0 Å². The molecule has 200 valence electrons. The summed E-state index contributed by atoms with van der Waals surface area (Å²) in [6.45, 7) is 2.38. The van der Waals surface area contributed by atoms with E-state index in [1.165, 1.54) is 26.7 Å². The molecular formula is C33H27BrN2O3Se. The van der Waals surface area contributed by atoms with Gasteiger partial charge in [-0.3, -0.25) is 0 Å². The third-order valence-electron chi connectivity index (χ3n) is 8.31. The van der Waals surface area contributed by atoms with Crippen molar-refractivity contribution in [3.63, 3.8) is 0 Å². The van der Waals surface area contributed by atoms with Crippen LogP contribution in [0.3, 0.4) is 0 Å². The summed E-state index contributed by atoms with van der Waals surface area (Å²) in [5.41, 5.74) is 6.77. The molecule has 2 amide bonds. The topological polar surface area (TPSA) is 49.9 Å². The molecule has 7 rings (SSSR count). The van der Waals surface area contributed by atoms with Gasteiger partial charge < -0.3 is 0 Å². The molecule has 1 saturated heterocycles. The molecule has 2 atom stereocenters. The van der Waals surface area contributed by atoms with E-state index in [1.54, 1.807) is 11.8 Å². The summed E-state index contributed by atoms with van der Waals surface area (Å²) in [6.07, 6.45) is -0.0179. The third kappa shape index (κ3) is 3.94. The summed E-state index contributed by atoms with van der Waals surface area (Å²) in [7, 11) is 0. The van der Waals surface area contributed by atoms with Crippen molar-refractivity contribution < 1.29 is 14.3 Å². The molecule has 0 radical (unpaired) electrons. The normalized spacial score (nSPS) is 20.6. The molecule has 1 fully saturated rings. The van der Waals surface area contributed by atoms with Gasteiger partial charge in [-0.25, -0.2) is 0 Å². The molecular weight excluding hydrogens is 631 g/mol. The number of hydrogen-bond donors (Lipinski definition) is 0. The summed E-state index contributed by atoms with van der Waals surface area (Å²) in [5.74, 6) is -0.0914. The molecule has 5 nitrogen and oxygen atoms in total. The van der Waals surface area contributed by atoms with Gasteiger partial charge in [0.25, 0.3) is 0 Å². The Bertz CT molecular complexity index is 1600. The van der Waals surface area contributed by atoms with E-state index in [9.17, 15) is 9.59 Å². The number of carbonyl (C=O) groups is 2. The zero-order chi connectivity index (χ0) is 27.4. The molecule has 2 unspecified atom stereocenters. The zero-order valence-electron chi connectivity index (χ0n) is 21.9. The Balaban J connectivity index is 1.22. The van der Waals surface area contributed by atoms with Crippen molar-refractivity contribution in [2.24, 2.45) is 0 Å². The van der Waals surface area contributed by atoms with Crippen LogP contribution in [-0.4, -0.2) is 51.2 Å². The van der Waals surface area contributed by atoms with Gasteiger partial charge in [0.15, 0.2) is 0 Å². The van der Waals surface area contributed by atoms with E-state index < -0.39 is 6.17 Å². The van der Waals surface area contributed by atoms with E-state index in [-0.39, 0.29) is 43.8 Å². The van der Waals surface area contributed by atoms with E-state index in [4.69, 9.17) is 4.74 Å². The third-order valence-corrected chi connectivity index (χ3v) is 12.0. The first-order chi connectivity index (χ1) is 19.5. The average molecular weight is 658 g/mol. The number of amides is 2. The number of carbonyl (C=O) groups excluding carboxylic acids is 2. The maximum atomic E-state index is 13.9. The Morgan fingerprint density at radius 3 is 2.25 bits per heavy atom. The fourth-order valence-corrected chi connectivity index (χ4v) is 10.2. The van der Waals surface area contributed by atoms with Gasteiger partial charge in [0.05, 0.1) is 0 Å². The van der Waals surface area contributed by atoms with Gasteiger partial charge in [-0.1, -0.05) is 0 Å². The second-order valence-electron chi connectivity index (χ2n) is 10.5. The number of halogens is 1. The standard InChI is InChI=1S/C33H27BrN2O3Se/c1-21(37)36-30-19-22(34)15-16-29(30)33(40-23-9-3-2-4-10-23)17-18-35(31(33)36)32(38)39-20-28-26-13-7-5-11-24(26)25-12-6-8-14-27(25)28/h2-16,19,28,31H,17-18,20H2,1H3. The number of nitrogens with zero attached hydrogens (tertiary/aromatic N) is 2. The molecule has 0 spiro atoms. The zero-order valence-corrected chi connectivity index (χ0v) is 25.2. The van der Waals surface area contributed by atoms with Crippen LogP contribution in [0.4, 0.5) is 10.5 Å². The number of fused-ring (bicyclic) bond motifs is 6. The number of likely N-dealkylation sites (tertiary alicyclic amines) is 1. The van der Waals surface area contributed by atoms with Crippen molar-refractivity contribution in [3.05, 3.63) is 118 Å². The van der Waals surface area contributed by atoms with Crippen molar-refractivity contribution in [2.75, 3.05) is 18.1 Å². The Morgan fingerprint density at radius 1 is 0.925 bits per heavy atom. The summed E-state index contributed by atoms with van der Waals surface area (Å²) in [4.78, 5) is 30.7. The van der Waals surface area contributed by atoms with Crippen molar-refractivity contribution in [2.45, 2.75) is 29.7 Å². The molecule has 1 aliphatic carbocycles. The Labute approximate surface area is 248 Å². The minimum absolute atomic E-state index is 0.0158. The van der Waals surface area contributed by atoms with Gasteiger partial charge in [-0.2, -0.15) is 0 Å². The predicted molar refractivity (Wildman–Crippen MR) is 161 cm³/mol. The van der Waals surface area contributed by atoms with Crippen LogP contribution in [0.5, 0.6) is 0 Å². The van der Waals surface area contributed by atoms with Gasteiger partial charge >= 0.3 is 249 Å². The van der Waals surface area contributed by atoms with Crippen LogP contribution in [0.15, 0.2) is 102 Å². The van der Waals surface area contributed by atoms with Crippen LogP contribution < -0.4 is 9.36 Å². The first-order valence-corrected chi connectivity index (χ1v) is 15.9. The second kappa shape index (κ2) is 9.91. The van der Waals surface area contributed by atoms with Crippen LogP contribution in [0.2, 0.25) is 0 Å². The average Bonchev–Trinajstić information content (AvgIpc) is 3.57. The van der Waals surface area contributed by atoms with Crippen molar-refractivity contribution in [1.82, 2.24) is 4.90 Å². The summed E-state index contributed by atoms with van der Waals surface area (Å²) >= 11 is 3.58. The van der Waals surface area contributed by atoms with Crippen LogP contribution in [0.25, 0.3) is 11.1 Å².